The van der Waals surface area contributed by atoms with Crippen LogP contribution in [0.25, 0.3) is 0 Å². The lowest BCUT2D eigenvalue weighted by atomic mass is 10.1. The summed E-state index contributed by atoms with van der Waals surface area (Å²) in [5, 5.41) is 5.77. The van der Waals surface area contributed by atoms with Gasteiger partial charge in [0.1, 0.15) is 11.1 Å². The van der Waals surface area contributed by atoms with Crippen molar-refractivity contribution >= 4 is 46.7 Å². The Morgan fingerprint density at radius 3 is 2.21 bits per heavy atom. The summed E-state index contributed by atoms with van der Waals surface area (Å²) in [4.78, 5) is 30.7. The highest BCUT2D eigenvalue weighted by Gasteiger charge is 2.22. The minimum absolute atomic E-state index is 0.169. The molecule has 0 aliphatic rings. The van der Waals surface area contributed by atoms with E-state index in [4.69, 9.17) is 11.6 Å². The van der Waals surface area contributed by atoms with Gasteiger partial charge in [0.25, 0.3) is 5.91 Å². The fourth-order valence-corrected chi connectivity index (χ4v) is 4.34. The van der Waals surface area contributed by atoms with E-state index in [9.17, 15) is 9.59 Å². The zero-order valence-electron chi connectivity index (χ0n) is 18.4. The van der Waals surface area contributed by atoms with E-state index in [0.717, 1.165) is 16.0 Å². The highest BCUT2D eigenvalue weighted by molar-refractivity contribution is 8.00. The molecule has 0 saturated heterocycles. The molecule has 0 radical (unpaired) electrons. The Kier molecular flexibility index (Phi) is 7.62. The molecule has 34 heavy (non-hydrogen) atoms. The van der Waals surface area contributed by atoms with Crippen molar-refractivity contribution in [2.75, 3.05) is 10.6 Å². The molecule has 4 aromatic rings. The number of pyridine rings is 1. The number of aromatic nitrogens is 1. The van der Waals surface area contributed by atoms with Crippen LogP contribution in [0.15, 0.2) is 102 Å². The molecule has 4 rings (SSSR count). The van der Waals surface area contributed by atoms with E-state index in [0.29, 0.717) is 22.1 Å². The van der Waals surface area contributed by atoms with Crippen molar-refractivity contribution in [3.05, 3.63) is 119 Å². The SMILES string of the molecule is Cc1ccc(C(=O)Nc2ccc(SC(C(=O)Nc3ccc(Cl)cn3)c3ccccc3)cc2)cc1. The average molecular weight is 488 g/mol. The van der Waals surface area contributed by atoms with Crippen molar-refractivity contribution in [1.29, 1.82) is 0 Å². The van der Waals surface area contributed by atoms with Gasteiger partial charge in [-0.15, -0.1) is 11.8 Å². The van der Waals surface area contributed by atoms with Crippen LogP contribution in [0.2, 0.25) is 5.02 Å². The topological polar surface area (TPSA) is 71.1 Å². The van der Waals surface area contributed by atoms with Gasteiger partial charge in [0.05, 0.1) is 5.02 Å². The van der Waals surface area contributed by atoms with Crippen LogP contribution in [0.1, 0.15) is 26.7 Å². The predicted octanol–water partition coefficient (Wildman–Crippen LogP) is 6.77. The molecular weight excluding hydrogens is 466 g/mol. The van der Waals surface area contributed by atoms with Crippen molar-refractivity contribution < 1.29 is 9.59 Å². The van der Waals surface area contributed by atoms with Crippen LogP contribution in [-0.4, -0.2) is 16.8 Å². The molecule has 0 saturated carbocycles. The number of nitrogens with zero attached hydrogens (tertiary/aromatic N) is 1. The van der Waals surface area contributed by atoms with Gasteiger partial charge >= 0.3 is 0 Å². The van der Waals surface area contributed by atoms with Gasteiger partial charge in [0, 0.05) is 22.3 Å². The second-order valence-corrected chi connectivity index (χ2v) is 9.22. The second-order valence-electron chi connectivity index (χ2n) is 7.60. The molecule has 7 heteroatoms. The van der Waals surface area contributed by atoms with Crippen LogP contribution in [0.3, 0.4) is 0 Å². The number of thioether (sulfide) groups is 1. The summed E-state index contributed by atoms with van der Waals surface area (Å²) in [6, 6.07) is 27.7. The van der Waals surface area contributed by atoms with Gasteiger partial charge in [0.2, 0.25) is 5.91 Å². The molecule has 170 valence electrons. The molecule has 1 heterocycles. The lowest BCUT2D eigenvalue weighted by Crippen LogP contribution is -2.19. The maximum absolute atomic E-state index is 13.1. The van der Waals surface area contributed by atoms with Crippen molar-refractivity contribution in [3.63, 3.8) is 0 Å². The molecule has 2 amide bonds. The van der Waals surface area contributed by atoms with Crippen molar-refractivity contribution in [3.8, 4) is 0 Å². The summed E-state index contributed by atoms with van der Waals surface area (Å²) >= 11 is 7.31. The monoisotopic (exact) mass is 487 g/mol. The first-order chi connectivity index (χ1) is 16.5. The van der Waals surface area contributed by atoms with Crippen LogP contribution >= 0.6 is 23.4 Å². The van der Waals surface area contributed by atoms with Crippen LogP contribution in [0.5, 0.6) is 0 Å². The third-order valence-corrected chi connectivity index (χ3v) is 6.49. The first-order valence-corrected chi connectivity index (χ1v) is 11.9. The number of carbonyl (C=O) groups excluding carboxylic acids is 2. The number of aryl methyl sites for hydroxylation is 1. The average Bonchev–Trinajstić information content (AvgIpc) is 2.86. The quantitative estimate of drug-likeness (QED) is 0.282. The number of hydrogen-bond acceptors (Lipinski definition) is 4. The van der Waals surface area contributed by atoms with E-state index >= 15 is 0 Å². The predicted molar refractivity (Wildman–Crippen MR) is 138 cm³/mol. The molecule has 1 aromatic heterocycles. The number of benzene rings is 3. The number of rotatable bonds is 7. The van der Waals surface area contributed by atoms with Gasteiger partial charge in [-0.25, -0.2) is 4.98 Å². The lowest BCUT2D eigenvalue weighted by molar-refractivity contribution is -0.115. The zero-order valence-corrected chi connectivity index (χ0v) is 19.9. The van der Waals surface area contributed by atoms with Gasteiger partial charge in [-0.1, -0.05) is 59.6 Å². The van der Waals surface area contributed by atoms with Crippen LogP contribution < -0.4 is 10.6 Å². The van der Waals surface area contributed by atoms with Gasteiger partial charge in [-0.3, -0.25) is 9.59 Å². The maximum atomic E-state index is 13.1. The Labute approximate surface area is 207 Å². The normalized spacial score (nSPS) is 11.5. The first kappa shape index (κ1) is 23.5. The highest BCUT2D eigenvalue weighted by atomic mass is 35.5. The van der Waals surface area contributed by atoms with Gasteiger partial charge in [0.15, 0.2) is 0 Å². The van der Waals surface area contributed by atoms with Crippen LogP contribution in [-0.2, 0) is 4.79 Å². The molecule has 0 aliphatic heterocycles. The summed E-state index contributed by atoms with van der Waals surface area (Å²) in [5.41, 5.74) is 3.25. The molecule has 2 N–H and O–H groups in total. The number of anilines is 2. The Morgan fingerprint density at radius 2 is 1.56 bits per heavy atom. The third kappa shape index (κ3) is 6.25. The fourth-order valence-electron chi connectivity index (χ4n) is 3.20. The van der Waals surface area contributed by atoms with E-state index < -0.39 is 5.25 Å². The van der Waals surface area contributed by atoms with Gasteiger partial charge in [-0.2, -0.15) is 0 Å². The molecule has 0 bridgehead atoms. The van der Waals surface area contributed by atoms with Crippen molar-refractivity contribution in [2.24, 2.45) is 0 Å². The van der Waals surface area contributed by atoms with Crippen LogP contribution in [0.4, 0.5) is 11.5 Å². The number of nitrogens with one attached hydrogen (secondary N) is 2. The number of halogens is 1. The van der Waals surface area contributed by atoms with E-state index in [2.05, 4.69) is 15.6 Å². The smallest absolute Gasteiger partial charge is 0.255 e. The molecular formula is C27H22ClN3O2S. The Hall–Kier alpha value is -3.61. The molecule has 0 aliphatic carbocycles. The minimum Gasteiger partial charge on any atom is -0.322 e. The lowest BCUT2D eigenvalue weighted by Gasteiger charge is -2.17. The van der Waals surface area contributed by atoms with Crippen molar-refractivity contribution in [1.82, 2.24) is 4.98 Å². The number of hydrogen-bond donors (Lipinski definition) is 2. The van der Waals surface area contributed by atoms with Gasteiger partial charge < -0.3 is 10.6 Å². The molecule has 3 aromatic carbocycles. The minimum atomic E-state index is -0.494. The van der Waals surface area contributed by atoms with E-state index in [1.165, 1.54) is 18.0 Å². The van der Waals surface area contributed by atoms with Crippen LogP contribution in [0, 0.1) is 6.92 Å². The van der Waals surface area contributed by atoms with Gasteiger partial charge in [-0.05, 0) is 61.0 Å². The number of carbonyl (C=O) groups is 2. The van der Waals surface area contributed by atoms with Crippen molar-refractivity contribution in [2.45, 2.75) is 17.1 Å². The summed E-state index contributed by atoms with van der Waals surface area (Å²) in [7, 11) is 0. The standard InChI is InChI=1S/C27H22ClN3O2S/c1-18-7-9-20(10-8-18)26(32)30-22-12-14-23(15-13-22)34-25(19-5-3-2-4-6-19)27(33)31-24-16-11-21(28)17-29-24/h2-17,25H,1H3,(H,30,32)(H,29,31,33). The first-order valence-electron chi connectivity index (χ1n) is 10.6. The summed E-state index contributed by atoms with van der Waals surface area (Å²) in [5.74, 6) is 0.0743. The summed E-state index contributed by atoms with van der Waals surface area (Å²) < 4.78 is 0. The summed E-state index contributed by atoms with van der Waals surface area (Å²) in [6.07, 6.45) is 1.49. The molecule has 1 unspecified atom stereocenters. The molecule has 5 nitrogen and oxygen atoms in total. The Morgan fingerprint density at radius 1 is 0.853 bits per heavy atom. The summed E-state index contributed by atoms with van der Waals surface area (Å²) in [6.45, 7) is 1.98. The Bertz CT molecular complexity index is 1260. The number of amides is 2. The molecule has 1 atom stereocenters. The van der Waals surface area contributed by atoms with E-state index in [1.807, 2.05) is 73.7 Å². The third-order valence-electron chi connectivity index (χ3n) is 5.00. The molecule has 0 spiro atoms. The van der Waals surface area contributed by atoms with E-state index in [1.54, 1.807) is 24.3 Å². The largest absolute Gasteiger partial charge is 0.322 e. The Balaban J connectivity index is 1.47. The maximum Gasteiger partial charge on any atom is 0.255 e. The van der Waals surface area contributed by atoms with E-state index in [-0.39, 0.29) is 11.8 Å². The highest BCUT2D eigenvalue weighted by Crippen LogP contribution is 2.36. The molecule has 0 fully saturated rings. The zero-order chi connectivity index (χ0) is 23.9. The second kappa shape index (κ2) is 11.0. The fraction of sp³-hybridized carbons (Fsp3) is 0.0741.